The first-order valence-electron chi connectivity index (χ1n) is 6.21. The van der Waals surface area contributed by atoms with Crippen molar-refractivity contribution >= 4 is 29.3 Å². The molecule has 0 bridgehead atoms. The van der Waals surface area contributed by atoms with Gasteiger partial charge in [-0.3, -0.25) is 0 Å². The smallest absolute Gasteiger partial charge is 0.335 e. The van der Waals surface area contributed by atoms with Gasteiger partial charge in [-0.15, -0.1) is 0 Å². The van der Waals surface area contributed by atoms with E-state index in [2.05, 4.69) is 0 Å². The Morgan fingerprint density at radius 3 is 2.45 bits per heavy atom. The summed E-state index contributed by atoms with van der Waals surface area (Å²) in [4.78, 5) is 10.9. The van der Waals surface area contributed by atoms with Crippen LogP contribution in [0.1, 0.15) is 27.0 Å². The third-order valence-electron chi connectivity index (χ3n) is 3.03. The summed E-state index contributed by atoms with van der Waals surface area (Å²) < 4.78 is 0. The van der Waals surface area contributed by atoms with Gasteiger partial charge in [-0.2, -0.15) is 11.8 Å². The van der Waals surface area contributed by atoms with E-state index in [-0.39, 0.29) is 0 Å². The third-order valence-corrected chi connectivity index (χ3v) is 4.33. The second-order valence-electron chi connectivity index (χ2n) is 4.57. The van der Waals surface area contributed by atoms with Crippen LogP contribution in [-0.2, 0) is 11.5 Å². The highest BCUT2D eigenvalue weighted by molar-refractivity contribution is 7.97. The molecule has 0 atom stereocenters. The van der Waals surface area contributed by atoms with Crippen LogP contribution in [-0.4, -0.2) is 11.1 Å². The van der Waals surface area contributed by atoms with Gasteiger partial charge in [-0.25, -0.2) is 4.79 Å². The lowest BCUT2D eigenvalue weighted by Gasteiger charge is -2.07. The van der Waals surface area contributed by atoms with Gasteiger partial charge in [-0.05, 0) is 47.9 Å². The molecule has 0 fully saturated rings. The zero-order chi connectivity index (χ0) is 14.5. The third kappa shape index (κ3) is 4.02. The number of carboxylic acids is 1. The maximum atomic E-state index is 10.9. The maximum absolute atomic E-state index is 10.9. The summed E-state index contributed by atoms with van der Waals surface area (Å²) >= 11 is 7.65. The van der Waals surface area contributed by atoms with E-state index in [1.165, 1.54) is 11.1 Å². The van der Waals surface area contributed by atoms with Crippen LogP contribution in [0.25, 0.3) is 0 Å². The van der Waals surface area contributed by atoms with Crippen molar-refractivity contribution in [3.63, 3.8) is 0 Å². The molecule has 1 N–H and O–H groups in total. The van der Waals surface area contributed by atoms with Gasteiger partial charge in [0.25, 0.3) is 0 Å². The number of thioether (sulfide) groups is 1. The minimum absolute atomic E-state index is 0.342. The van der Waals surface area contributed by atoms with Gasteiger partial charge >= 0.3 is 5.97 Å². The zero-order valence-corrected chi connectivity index (χ0v) is 12.7. The van der Waals surface area contributed by atoms with Crippen molar-refractivity contribution in [3.05, 3.63) is 69.7 Å². The first-order chi connectivity index (χ1) is 9.56. The molecule has 20 heavy (non-hydrogen) atoms. The molecule has 0 aliphatic rings. The Balaban J connectivity index is 1.94. The molecule has 4 heteroatoms. The predicted molar refractivity (Wildman–Crippen MR) is 84.6 cm³/mol. The molecule has 0 radical (unpaired) electrons. The van der Waals surface area contributed by atoms with E-state index in [0.29, 0.717) is 5.56 Å². The fraction of sp³-hybridized carbons (Fsp3) is 0.188. The van der Waals surface area contributed by atoms with Crippen LogP contribution in [0.5, 0.6) is 0 Å². The van der Waals surface area contributed by atoms with Gasteiger partial charge in [0.2, 0.25) is 0 Å². The number of hydrogen-bond donors (Lipinski definition) is 1. The first-order valence-corrected chi connectivity index (χ1v) is 7.74. The number of hydrogen-bond acceptors (Lipinski definition) is 2. The summed E-state index contributed by atoms with van der Waals surface area (Å²) in [6.07, 6.45) is 0. The van der Waals surface area contributed by atoms with Gasteiger partial charge in [0.15, 0.2) is 0 Å². The van der Waals surface area contributed by atoms with Gasteiger partial charge in [0, 0.05) is 16.5 Å². The quantitative estimate of drug-likeness (QED) is 0.863. The minimum Gasteiger partial charge on any atom is -0.478 e. The van der Waals surface area contributed by atoms with E-state index >= 15 is 0 Å². The Hall–Kier alpha value is -1.45. The lowest BCUT2D eigenvalue weighted by molar-refractivity contribution is 0.0697. The maximum Gasteiger partial charge on any atom is 0.335 e. The molecule has 0 amide bonds. The Morgan fingerprint density at radius 2 is 1.85 bits per heavy atom. The SMILES string of the molecule is Cc1cc(C(=O)O)ccc1CSCc1ccc(Cl)cc1. The highest BCUT2D eigenvalue weighted by Crippen LogP contribution is 2.22. The molecule has 0 saturated carbocycles. The molecule has 2 aromatic carbocycles. The standard InChI is InChI=1S/C16H15ClO2S/c1-11-8-13(16(18)19)4-5-14(11)10-20-9-12-2-6-15(17)7-3-12/h2-8H,9-10H2,1H3,(H,18,19). The Labute approximate surface area is 127 Å². The van der Waals surface area contributed by atoms with Crippen LogP contribution in [0.2, 0.25) is 5.02 Å². The number of carboxylic acid groups (broad SMARTS) is 1. The molecular formula is C16H15ClO2S. The second kappa shape index (κ2) is 6.82. The Kier molecular flexibility index (Phi) is 5.10. The predicted octanol–water partition coefficient (Wildman–Crippen LogP) is 4.78. The van der Waals surface area contributed by atoms with Crippen molar-refractivity contribution in [3.8, 4) is 0 Å². The van der Waals surface area contributed by atoms with Gasteiger partial charge in [0.1, 0.15) is 0 Å². The molecule has 0 saturated heterocycles. The summed E-state index contributed by atoms with van der Waals surface area (Å²) in [5, 5.41) is 9.68. The topological polar surface area (TPSA) is 37.3 Å². The van der Waals surface area contributed by atoms with Crippen LogP contribution in [0.3, 0.4) is 0 Å². The van der Waals surface area contributed by atoms with Crippen molar-refractivity contribution in [1.29, 1.82) is 0 Å². The van der Waals surface area contributed by atoms with E-state index in [0.717, 1.165) is 22.1 Å². The van der Waals surface area contributed by atoms with E-state index in [4.69, 9.17) is 16.7 Å². The van der Waals surface area contributed by atoms with Gasteiger partial charge in [0.05, 0.1) is 5.56 Å². The molecule has 0 spiro atoms. The van der Waals surface area contributed by atoms with E-state index in [1.54, 1.807) is 23.9 Å². The zero-order valence-electron chi connectivity index (χ0n) is 11.1. The summed E-state index contributed by atoms with van der Waals surface area (Å²) in [6.45, 7) is 1.95. The minimum atomic E-state index is -0.881. The number of aryl methyl sites for hydroxylation is 1. The highest BCUT2D eigenvalue weighted by Gasteiger charge is 2.05. The molecule has 0 unspecified atom stereocenters. The first kappa shape index (κ1) is 14.9. The van der Waals surface area contributed by atoms with Crippen LogP contribution < -0.4 is 0 Å². The number of carbonyl (C=O) groups is 1. The van der Waals surface area contributed by atoms with Crippen molar-refractivity contribution < 1.29 is 9.90 Å². The van der Waals surface area contributed by atoms with Crippen molar-refractivity contribution in [2.45, 2.75) is 18.4 Å². The molecule has 104 valence electrons. The van der Waals surface area contributed by atoms with Crippen LogP contribution in [0, 0.1) is 6.92 Å². The lowest BCUT2D eigenvalue weighted by Crippen LogP contribution is -1.98. The lowest BCUT2D eigenvalue weighted by atomic mass is 10.1. The molecule has 0 aliphatic heterocycles. The van der Waals surface area contributed by atoms with Crippen LogP contribution in [0.15, 0.2) is 42.5 Å². The summed E-state index contributed by atoms with van der Waals surface area (Å²) in [7, 11) is 0. The second-order valence-corrected chi connectivity index (χ2v) is 5.99. The molecule has 2 aromatic rings. The highest BCUT2D eigenvalue weighted by atomic mass is 35.5. The van der Waals surface area contributed by atoms with Gasteiger partial charge in [-0.1, -0.05) is 29.8 Å². The molecular weight excluding hydrogens is 292 g/mol. The molecule has 0 aliphatic carbocycles. The van der Waals surface area contributed by atoms with Crippen molar-refractivity contribution in [2.75, 3.05) is 0 Å². The van der Waals surface area contributed by atoms with Crippen molar-refractivity contribution in [2.24, 2.45) is 0 Å². The van der Waals surface area contributed by atoms with E-state index < -0.39 is 5.97 Å². The van der Waals surface area contributed by atoms with Crippen LogP contribution in [0.4, 0.5) is 0 Å². The Bertz CT molecular complexity index is 608. The summed E-state index contributed by atoms with van der Waals surface area (Å²) in [5.74, 6) is 0.902. The number of rotatable bonds is 5. The molecule has 2 nitrogen and oxygen atoms in total. The average Bonchev–Trinajstić information content (AvgIpc) is 2.42. The monoisotopic (exact) mass is 306 g/mol. The molecule has 0 aromatic heterocycles. The van der Waals surface area contributed by atoms with Gasteiger partial charge < -0.3 is 5.11 Å². The number of benzene rings is 2. The molecule has 2 rings (SSSR count). The number of halogens is 1. The van der Waals surface area contributed by atoms with E-state index in [9.17, 15) is 4.79 Å². The largest absolute Gasteiger partial charge is 0.478 e. The van der Waals surface area contributed by atoms with E-state index in [1.807, 2.05) is 37.3 Å². The summed E-state index contributed by atoms with van der Waals surface area (Å²) in [5.41, 5.74) is 3.77. The van der Waals surface area contributed by atoms with Crippen LogP contribution >= 0.6 is 23.4 Å². The van der Waals surface area contributed by atoms with Crippen molar-refractivity contribution in [1.82, 2.24) is 0 Å². The average molecular weight is 307 g/mol. The fourth-order valence-corrected chi connectivity index (χ4v) is 3.05. The molecule has 0 heterocycles. The number of aromatic carboxylic acids is 1. The normalized spacial score (nSPS) is 10.5. The Morgan fingerprint density at radius 1 is 1.15 bits per heavy atom. The summed E-state index contributed by atoms with van der Waals surface area (Å²) in [6, 6.07) is 13.1. The fourth-order valence-electron chi connectivity index (χ4n) is 1.85.